The van der Waals surface area contributed by atoms with Gasteiger partial charge in [-0.05, 0) is 18.2 Å². The summed E-state index contributed by atoms with van der Waals surface area (Å²) in [6, 6.07) is 3.12. The fourth-order valence-electron chi connectivity index (χ4n) is 3.16. The summed E-state index contributed by atoms with van der Waals surface area (Å²) >= 11 is 6.38. The van der Waals surface area contributed by atoms with Crippen LogP contribution in [0.25, 0.3) is 11.5 Å². The van der Waals surface area contributed by atoms with Crippen LogP contribution < -0.4 is 10.2 Å². The molecule has 2 N–H and O–H groups in total. The molecule has 1 fully saturated rings. The summed E-state index contributed by atoms with van der Waals surface area (Å²) in [6.45, 7) is 9.21. The normalized spacial score (nSPS) is 13.2. The number of carbonyl (C=O) groups excluding carboxylic acids is 1. The summed E-state index contributed by atoms with van der Waals surface area (Å²) < 4.78 is 42.9. The van der Waals surface area contributed by atoms with Gasteiger partial charge in [-0.25, -0.2) is 14.8 Å². The zero-order valence-electron chi connectivity index (χ0n) is 20.9. The number of aliphatic hydroxyl groups is 1. The molecule has 1 aliphatic rings. The fraction of sp³-hybridized carbons (Fsp3) is 0.435. The van der Waals surface area contributed by atoms with Crippen LogP contribution in [0.1, 0.15) is 39.1 Å². The van der Waals surface area contributed by atoms with E-state index in [0.717, 1.165) is 12.1 Å². The summed E-state index contributed by atoms with van der Waals surface area (Å²) in [7, 11) is 0. The maximum atomic E-state index is 12.6. The molecule has 3 aromatic rings. The maximum absolute atomic E-state index is 12.6. The number of pyridine rings is 2. The number of aromatic nitrogens is 4. The van der Waals surface area contributed by atoms with Crippen LogP contribution in [0, 0.1) is 0 Å². The summed E-state index contributed by atoms with van der Waals surface area (Å²) in [6.07, 6.45) is -2.30. The first-order valence-electron chi connectivity index (χ1n) is 11.7. The minimum Gasteiger partial charge on any atom is -0.388 e. The van der Waals surface area contributed by atoms with Crippen LogP contribution in [0.3, 0.4) is 0 Å². The topological polar surface area (TPSA) is 121 Å². The van der Waals surface area contributed by atoms with E-state index < -0.39 is 17.8 Å². The molecule has 4 heterocycles. The lowest BCUT2D eigenvalue weighted by atomic mass is 10.2. The van der Waals surface area contributed by atoms with Gasteiger partial charge in [0, 0.05) is 38.6 Å². The van der Waals surface area contributed by atoms with Crippen molar-refractivity contribution >= 4 is 29.3 Å². The van der Waals surface area contributed by atoms with E-state index in [4.69, 9.17) is 21.2 Å². The quantitative estimate of drug-likeness (QED) is 0.466. The predicted molar refractivity (Wildman–Crippen MR) is 133 cm³/mol. The number of halogens is 4. The number of nitrogens with zero attached hydrogens (tertiary/aromatic N) is 6. The Kier molecular flexibility index (Phi) is 11.1. The van der Waals surface area contributed by atoms with Gasteiger partial charge >= 0.3 is 12.2 Å². The molecule has 0 unspecified atom stereocenters. The lowest BCUT2D eigenvalue weighted by Crippen LogP contribution is -2.50. The van der Waals surface area contributed by atoms with Gasteiger partial charge in [-0.1, -0.05) is 44.5 Å². The lowest BCUT2D eigenvalue weighted by Gasteiger charge is -2.35. The number of amides is 2. The largest absolute Gasteiger partial charge is 0.417 e. The molecule has 2 amide bonds. The van der Waals surface area contributed by atoms with Crippen LogP contribution in [-0.4, -0.2) is 62.3 Å². The molecule has 0 atom stereocenters. The second kappa shape index (κ2) is 13.7. The Balaban J connectivity index is 0.00000115. The molecule has 3 aromatic heterocycles. The molecular weight excluding hydrogens is 515 g/mol. The first-order chi connectivity index (χ1) is 17.7. The highest BCUT2D eigenvalue weighted by atomic mass is 35.5. The van der Waals surface area contributed by atoms with E-state index in [1.165, 1.54) is 11.1 Å². The number of urea groups is 1. The number of anilines is 2. The Hall–Kier alpha value is -3.45. The molecule has 0 spiro atoms. The van der Waals surface area contributed by atoms with Crippen molar-refractivity contribution in [2.75, 3.05) is 36.4 Å². The van der Waals surface area contributed by atoms with Gasteiger partial charge in [0.25, 0.3) is 5.89 Å². The molecule has 4 rings (SSSR count). The molecule has 0 bridgehead atoms. The highest BCUT2D eigenvalue weighted by Crippen LogP contribution is 2.30. The van der Waals surface area contributed by atoms with E-state index in [0.29, 0.717) is 48.8 Å². The summed E-state index contributed by atoms with van der Waals surface area (Å²) in [5, 5.41) is 15.5. The van der Waals surface area contributed by atoms with Crippen molar-refractivity contribution in [3.8, 4) is 11.5 Å². The summed E-state index contributed by atoms with van der Waals surface area (Å²) in [4.78, 5) is 27.9. The molecule has 0 aromatic carbocycles. The number of hydrogen-bond acceptors (Lipinski definition) is 8. The number of piperazine rings is 1. The smallest absolute Gasteiger partial charge is 0.388 e. The standard InChI is InChI=1S/C19H17ClF3N7O3.2C2H6/c20-13-7-11(17-26-15(10-31)28-33-17)8-25-16(13)29-3-5-30(6-4-29)18(32)27-14-2-1-12(9-24-14)19(21,22)23;2*1-2/h1-2,7-9,31H,3-6,10H2,(H,24,27,32);2*1-2H3. The minimum atomic E-state index is -4.49. The van der Waals surface area contributed by atoms with Gasteiger partial charge in [0.05, 0.1) is 16.1 Å². The van der Waals surface area contributed by atoms with Crippen molar-refractivity contribution in [1.82, 2.24) is 25.0 Å². The zero-order valence-corrected chi connectivity index (χ0v) is 21.6. The Morgan fingerprint density at radius 2 is 1.78 bits per heavy atom. The average molecular weight is 544 g/mol. The van der Waals surface area contributed by atoms with Crippen molar-refractivity contribution < 1.29 is 27.6 Å². The lowest BCUT2D eigenvalue weighted by molar-refractivity contribution is -0.137. The Bertz CT molecular complexity index is 1140. The van der Waals surface area contributed by atoms with Crippen LogP contribution in [0.5, 0.6) is 0 Å². The molecule has 202 valence electrons. The van der Waals surface area contributed by atoms with Gasteiger partial charge in [0.1, 0.15) is 18.2 Å². The summed E-state index contributed by atoms with van der Waals surface area (Å²) in [5.74, 6) is 0.873. The second-order valence-electron chi connectivity index (χ2n) is 7.04. The minimum absolute atomic E-state index is 0.0288. The number of nitrogens with one attached hydrogen (secondary N) is 1. The van der Waals surface area contributed by atoms with Gasteiger partial charge in [0.15, 0.2) is 5.82 Å². The Morgan fingerprint density at radius 3 is 2.30 bits per heavy atom. The fourth-order valence-corrected chi connectivity index (χ4v) is 3.45. The maximum Gasteiger partial charge on any atom is 0.417 e. The van der Waals surface area contributed by atoms with Crippen LogP contribution in [-0.2, 0) is 12.8 Å². The number of aliphatic hydroxyl groups excluding tert-OH is 1. The van der Waals surface area contributed by atoms with Crippen LogP contribution >= 0.6 is 11.6 Å². The van der Waals surface area contributed by atoms with Gasteiger partial charge in [-0.15, -0.1) is 0 Å². The highest BCUT2D eigenvalue weighted by Gasteiger charge is 2.31. The van der Waals surface area contributed by atoms with Crippen molar-refractivity contribution in [3.63, 3.8) is 0 Å². The Labute approximate surface area is 217 Å². The molecule has 1 aliphatic heterocycles. The van der Waals surface area contributed by atoms with E-state index in [2.05, 4.69) is 25.4 Å². The number of rotatable bonds is 4. The van der Waals surface area contributed by atoms with Crippen LogP contribution in [0.15, 0.2) is 35.1 Å². The molecule has 14 heteroatoms. The predicted octanol–water partition coefficient (Wildman–Crippen LogP) is 5.10. The molecule has 1 saturated heterocycles. The third-order valence-corrected chi connectivity index (χ3v) is 5.15. The third-order valence-electron chi connectivity index (χ3n) is 4.87. The van der Waals surface area contributed by atoms with Gasteiger partial charge in [-0.3, -0.25) is 5.32 Å². The van der Waals surface area contributed by atoms with Crippen molar-refractivity contribution in [2.45, 2.75) is 40.5 Å². The van der Waals surface area contributed by atoms with Gasteiger partial charge in [-0.2, -0.15) is 18.2 Å². The van der Waals surface area contributed by atoms with Crippen LogP contribution in [0.2, 0.25) is 5.02 Å². The van der Waals surface area contributed by atoms with E-state index in [-0.39, 0.29) is 24.1 Å². The van der Waals surface area contributed by atoms with E-state index in [9.17, 15) is 18.0 Å². The van der Waals surface area contributed by atoms with Crippen molar-refractivity contribution in [2.24, 2.45) is 0 Å². The van der Waals surface area contributed by atoms with Gasteiger partial charge < -0.3 is 19.4 Å². The van der Waals surface area contributed by atoms with E-state index in [1.807, 2.05) is 32.6 Å². The second-order valence-corrected chi connectivity index (χ2v) is 7.44. The zero-order chi connectivity index (χ0) is 27.6. The first kappa shape index (κ1) is 29.8. The monoisotopic (exact) mass is 543 g/mol. The molecule has 0 aliphatic carbocycles. The third kappa shape index (κ3) is 7.76. The van der Waals surface area contributed by atoms with Crippen molar-refractivity contribution in [3.05, 3.63) is 47.0 Å². The van der Waals surface area contributed by atoms with Crippen molar-refractivity contribution in [1.29, 1.82) is 0 Å². The summed E-state index contributed by atoms with van der Waals surface area (Å²) in [5.41, 5.74) is -0.393. The number of alkyl halides is 3. The SMILES string of the molecule is CC.CC.O=C(Nc1ccc(C(F)(F)F)cn1)N1CCN(c2ncc(-c3nc(CO)no3)cc2Cl)CC1. The molecule has 0 saturated carbocycles. The van der Waals surface area contributed by atoms with E-state index >= 15 is 0 Å². The molecule has 37 heavy (non-hydrogen) atoms. The number of hydrogen-bond donors (Lipinski definition) is 2. The van der Waals surface area contributed by atoms with E-state index in [1.54, 1.807) is 6.07 Å². The Morgan fingerprint density at radius 1 is 1.11 bits per heavy atom. The molecule has 0 radical (unpaired) electrons. The van der Waals surface area contributed by atoms with Gasteiger partial charge in [0.2, 0.25) is 0 Å². The number of carbonyl (C=O) groups is 1. The molecular formula is C23H29ClF3N7O3. The first-order valence-corrected chi connectivity index (χ1v) is 12.1. The highest BCUT2D eigenvalue weighted by molar-refractivity contribution is 6.33. The average Bonchev–Trinajstić information content (AvgIpc) is 3.40. The van der Waals surface area contributed by atoms with Crippen LogP contribution in [0.4, 0.5) is 29.6 Å². The molecule has 10 nitrogen and oxygen atoms in total.